The van der Waals surface area contributed by atoms with Crippen molar-refractivity contribution in [2.45, 2.75) is 9.92 Å². The number of nitrogens with one attached hydrogen (secondary N) is 1. The molecule has 1 aromatic carbocycles. The van der Waals surface area contributed by atoms with Gasteiger partial charge in [0.15, 0.2) is 0 Å². The molecule has 1 aromatic heterocycles. The molecule has 0 atom stereocenters. The zero-order valence-corrected chi connectivity index (χ0v) is 9.29. The van der Waals surface area contributed by atoms with Crippen molar-refractivity contribution in [2.75, 3.05) is 12.4 Å². The molecule has 0 saturated heterocycles. The lowest BCUT2D eigenvalue weighted by atomic mass is 10.4. The highest BCUT2D eigenvalue weighted by atomic mass is 32.2. The highest BCUT2D eigenvalue weighted by molar-refractivity contribution is 7.99. The number of hydrogen-bond donors (Lipinski definition) is 1. The van der Waals surface area contributed by atoms with Gasteiger partial charge in [-0.3, -0.25) is 0 Å². The second-order valence-corrected chi connectivity index (χ2v) is 4.12. The molecular weight excluding hydrogens is 204 g/mol. The first-order valence-corrected chi connectivity index (χ1v) is 5.58. The van der Waals surface area contributed by atoms with Crippen LogP contribution in [-0.2, 0) is 0 Å². The van der Waals surface area contributed by atoms with Crippen molar-refractivity contribution in [3.05, 3.63) is 48.5 Å². The average Bonchev–Trinajstić information content (AvgIpc) is 2.31. The van der Waals surface area contributed by atoms with Gasteiger partial charge in [-0.15, -0.1) is 0 Å². The van der Waals surface area contributed by atoms with Crippen molar-refractivity contribution in [2.24, 2.45) is 0 Å². The molecule has 1 heterocycles. The van der Waals surface area contributed by atoms with Gasteiger partial charge in [-0.1, -0.05) is 36.0 Å². The highest BCUT2D eigenvalue weighted by Crippen LogP contribution is 2.26. The smallest absolute Gasteiger partial charge is 0.127 e. The molecule has 0 aliphatic rings. The summed E-state index contributed by atoms with van der Waals surface area (Å²) in [6, 6.07) is 16.2. The van der Waals surface area contributed by atoms with Crippen molar-refractivity contribution in [1.29, 1.82) is 0 Å². The molecule has 0 radical (unpaired) electrons. The predicted molar refractivity (Wildman–Crippen MR) is 64.3 cm³/mol. The number of hydrogen-bond acceptors (Lipinski definition) is 3. The number of benzene rings is 1. The van der Waals surface area contributed by atoms with Gasteiger partial charge in [-0.05, 0) is 24.3 Å². The second-order valence-electron chi connectivity index (χ2n) is 3.03. The van der Waals surface area contributed by atoms with Gasteiger partial charge in [-0.25, -0.2) is 4.98 Å². The Kier molecular flexibility index (Phi) is 3.25. The first kappa shape index (κ1) is 10.1. The lowest BCUT2D eigenvalue weighted by Crippen LogP contribution is -1.91. The lowest BCUT2D eigenvalue weighted by molar-refractivity contribution is 1.12. The molecule has 3 heteroatoms. The molecule has 0 spiro atoms. The molecule has 0 unspecified atom stereocenters. The predicted octanol–water partition coefficient (Wildman–Crippen LogP) is 3.27. The van der Waals surface area contributed by atoms with Gasteiger partial charge >= 0.3 is 0 Å². The summed E-state index contributed by atoms with van der Waals surface area (Å²) in [7, 11) is 1.87. The Morgan fingerprint density at radius 1 is 1.00 bits per heavy atom. The fourth-order valence-corrected chi connectivity index (χ4v) is 2.05. The molecule has 15 heavy (non-hydrogen) atoms. The molecule has 0 bridgehead atoms. The maximum atomic E-state index is 4.44. The molecular formula is C12H12N2S. The van der Waals surface area contributed by atoms with E-state index in [1.54, 1.807) is 11.8 Å². The van der Waals surface area contributed by atoms with Crippen molar-refractivity contribution in [3.63, 3.8) is 0 Å². The third kappa shape index (κ3) is 2.73. The Morgan fingerprint density at radius 3 is 2.53 bits per heavy atom. The van der Waals surface area contributed by atoms with Crippen LogP contribution in [0.25, 0.3) is 0 Å². The van der Waals surface area contributed by atoms with Crippen molar-refractivity contribution in [3.8, 4) is 0 Å². The Hall–Kier alpha value is -1.48. The van der Waals surface area contributed by atoms with E-state index in [1.807, 2.05) is 43.4 Å². The third-order valence-electron chi connectivity index (χ3n) is 1.95. The van der Waals surface area contributed by atoms with Gasteiger partial charge in [0.25, 0.3) is 0 Å². The minimum absolute atomic E-state index is 0.899. The maximum Gasteiger partial charge on any atom is 0.127 e. The van der Waals surface area contributed by atoms with Gasteiger partial charge in [0.05, 0.1) is 0 Å². The Morgan fingerprint density at radius 2 is 1.80 bits per heavy atom. The van der Waals surface area contributed by atoms with Crippen LogP contribution in [-0.4, -0.2) is 12.0 Å². The molecule has 2 rings (SSSR count). The van der Waals surface area contributed by atoms with Gasteiger partial charge < -0.3 is 5.32 Å². The second kappa shape index (κ2) is 4.84. The number of aromatic nitrogens is 1. The molecule has 1 N–H and O–H groups in total. The van der Waals surface area contributed by atoms with Crippen molar-refractivity contribution < 1.29 is 0 Å². The summed E-state index contributed by atoms with van der Waals surface area (Å²) in [6.07, 6.45) is 0. The van der Waals surface area contributed by atoms with Gasteiger partial charge in [0.1, 0.15) is 10.8 Å². The van der Waals surface area contributed by atoms with E-state index < -0.39 is 0 Å². The van der Waals surface area contributed by atoms with E-state index in [4.69, 9.17) is 0 Å². The van der Waals surface area contributed by atoms with Crippen LogP contribution in [0.5, 0.6) is 0 Å². The summed E-state index contributed by atoms with van der Waals surface area (Å²) >= 11 is 1.67. The van der Waals surface area contributed by atoms with Crippen LogP contribution >= 0.6 is 11.8 Å². The zero-order chi connectivity index (χ0) is 10.5. The van der Waals surface area contributed by atoms with Gasteiger partial charge in [0.2, 0.25) is 0 Å². The minimum Gasteiger partial charge on any atom is -0.373 e. The molecule has 0 saturated carbocycles. The molecule has 0 aliphatic carbocycles. The van der Waals surface area contributed by atoms with E-state index in [2.05, 4.69) is 22.4 Å². The summed E-state index contributed by atoms with van der Waals surface area (Å²) in [5, 5.41) is 4.04. The molecule has 0 aliphatic heterocycles. The first-order chi connectivity index (χ1) is 7.38. The Bertz CT molecular complexity index is 429. The normalized spacial score (nSPS) is 9.93. The lowest BCUT2D eigenvalue weighted by Gasteiger charge is -2.03. The summed E-state index contributed by atoms with van der Waals surface area (Å²) < 4.78 is 0. The van der Waals surface area contributed by atoms with E-state index in [1.165, 1.54) is 4.90 Å². The number of nitrogens with zero attached hydrogens (tertiary/aromatic N) is 1. The first-order valence-electron chi connectivity index (χ1n) is 4.76. The van der Waals surface area contributed by atoms with Crippen LogP contribution in [0.3, 0.4) is 0 Å². The van der Waals surface area contributed by atoms with E-state index >= 15 is 0 Å². The summed E-state index contributed by atoms with van der Waals surface area (Å²) in [5.41, 5.74) is 0. The van der Waals surface area contributed by atoms with Crippen LogP contribution in [0.15, 0.2) is 58.5 Å². The van der Waals surface area contributed by atoms with Crippen molar-refractivity contribution >= 4 is 17.6 Å². The fourth-order valence-electron chi connectivity index (χ4n) is 1.22. The van der Waals surface area contributed by atoms with Crippen LogP contribution in [0.2, 0.25) is 0 Å². The third-order valence-corrected chi connectivity index (χ3v) is 2.89. The molecule has 0 fully saturated rings. The SMILES string of the molecule is CNc1cccc(Sc2ccccc2)n1. The van der Waals surface area contributed by atoms with Crippen LogP contribution in [0.1, 0.15) is 0 Å². The standard InChI is InChI=1S/C12H12N2S/c1-13-11-8-5-9-12(14-11)15-10-6-3-2-4-7-10/h2-9H,1H3,(H,13,14). The maximum absolute atomic E-state index is 4.44. The fraction of sp³-hybridized carbons (Fsp3) is 0.0833. The quantitative estimate of drug-likeness (QED) is 0.852. The number of anilines is 1. The largest absolute Gasteiger partial charge is 0.373 e. The van der Waals surface area contributed by atoms with Crippen LogP contribution < -0.4 is 5.32 Å². The van der Waals surface area contributed by atoms with E-state index in [0.29, 0.717) is 0 Å². The van der Waals surface area contributed by atoms with Gasteiger partial charge in [-0.2, -0.15) is 0 Å². The van der Waals surface area contributed by atoms with Gasteiger partial charge in [0, 0.05) is 11.9 Å². The monoisotopic (exact) mass is 216 g/mol. The number of rotatable bonds is 3. The Balaban J connectivity index is 2.17. The highest BCUT2D eigenvalue weighted by Gasteiger charge is 1.98. The van der Waals surface area contributed by atoms with Crippen molar-refractivity contribution in [1.82, 2.24) is 4.98 Å². The number of pyridine rings is 1. The molecule has 2 nitrogen and oxygen atoms in total. The van der Waals surface area contributed by atoms with E-state index in [-0.39, 0.29) is 0 Å². The molecule has 2 aromatic rings. The summed E-state index contributed by atoms with van der Waals surface area (Å²) in [5.74, 6) is 0.899. The topological polar surface area (TPSA) is 24.9 Å². The van der Waals surface area contributed by atoms with Crippen LogP contribution in [0, 0.1) is 0 Å². The zero-order valence-electron chi connectivity index (χ0n) is 8.47. The van der Waals surface area contributed by atoms with E-state index in [9.17, 15) is 0 Å². The average molecular weight is 216 g/mol. The van der Waals surface area contributed by atoms with Crippen LogP contribution in [0.4, 0.5) is 5.82 Å². The Labute approximate surface area is 93.7 Å². The minimum atomic E-state index is 0.899. The molecule has 76 valence electrons. The summed E-state index contributed by atoms with van der Waals surface area (Å²) in [4.78, 5) is 5.65. The molecule has 0 amide bonds. The van der Waals surface area contributed by atoms with E-state index in [0.717, 1.165) is 10.8 Å². The summed E-state index contributed by atoms with van der Waals surface area (Å²) in [6.45, 7) is 0.